The number of hydrogen-bond donors (Lipinski definition) is 2. The van der Waals surface area contributed by atoms with Gasteiger partial charge in [-0.2, -0.15) is 0 Å². The Morgan fingerprint density at radius 1 is 1.47 bits per heavy atom. The van der Waals surface area contributed by atoms with Crippen molar-refractivity contribution in [1.82, 2.24) is 10.6 Å². The highest BCUT2D eigenvalue weighted by Gasteiger charge is 2.08. The zero-order valence-corrected chi connectivity index (χ0v) is 9.20. The third-order valence-corrected chi connectivity index (χ3v) is 2.17. The van der Waals surface area contributed by atoms with Crippen LogP contribution in [0.15, 0.2) is 24.3 Å². The molecule has 0 spiro atoms. The Bertz CT molecular complexity index is 339. The summed E-state index contributed by atoms with van der Waals surface area (Å²) in [5, 5.41) is 5.30. The van der Waals surface area contributed by atoms with E-state index in [1.807, 2.05) is 31.2 Å². The second-order valence-electron chi connectivity index (χ2n) is 3.22. The van der Waals surface area contributed by atoms with E-state index in [0.717, 1.165) is 11.3 Å². The Hall–Kier alpha value is -1.71. The largest absolute Gasteiger partial charge is 0.497 e. The molecule has 0 aliphatic carbocycles. The molecular weight excluding hydrogens is 192 g/mol. The number of rotatable bonds is 3. The minimum Gasteiger partial charge on any atom is -0.497 e. The molecule has 0 heterocycles. The molecule has 1 atom stereocenters. The first-order valence-electron chi connectivity index (χ1n) is 4.79. The maximum Gasteiger partial charge on any atom is 0.315 e. The standard InChI is InChI=1S/C11H16N2O2/c1-8(13-11(14)12-2)9-5-4-6-10(7-9)15-3/h4-8H,1-3H3,(H2,12,13,14)/t8-/m0/s1. The van der Waals surface area contributed by atoms with Crippen molar-refractivity contribution in [3.8, 4) is 5.75 Å². The van der Waals surface area contributed by atoms with Crippen molar-refractivity contribution in [2.24, 2.45) is 0 Å². The summed E-state index contributed by atoms with van der Waals surface area (Å²) in [6.07, 6.45) is 0. The molecule has 0 unspecified atom stereocenters. The van der Waals surface area contributed by atoms with Crippen LogP contribution in [0, 0.1) is 0 Å². The minimum absolute atomic E-state index is 0.0416. The lowest BCUT2D eigenvalue weighted by Gasteiger charge is -2.14. The summed E-state index contributed by atoms with van der Waals surface area (Å²) in [6.45, 7) is 1.92. The first kappa shape index (κ1) is 11.4. The number of amides is 2. The number of methoxy groups -OCH3 is 1. The van der Waals surface area contributed by atoms with Crippen LogP contribution >= 0.6 is 0 Å². The van der Waals surface area contributed by atoms with Crippen LogP contribution in [0.1, 0.15) is 18.5 Å². The van der Waals surface area contributed by atoms with Crippen LogP contribution in [-0.4, -0.2) is 20.2 Å². The van der Waals surface area contributed by atoms with E-state index >= 15 is 0 Å². The number of benzene rings is 1. The van der Waals surface area contributed by atoms with Crippen molar-refractivity contribution in [2.75, 3.05) is 14.2 Å². The SMILES string of the molecule is CNC(=O)N[C@@H](C)c1cccc(OC)c1. The molecule has 4 nitrogen and oxygen atoms in total. The van der Waals surface area contributed by atoms with Crippen LogP contribution in [0.2, 0.25) is 0 Å². The van der Waals surface area contributed by atoms with Gasteiger partial charge in [-0.15, -0.1) is 0 Å². The van der Waals surface area contributed by atoms with E-state index in [-0.39, 0.29) is 12.1 Å². The second kappa shape index (κ2) is 5.24. The van der Waals surface area contributed by atoms with Crippen molar-refractivity contribution in [2.45, 2.75) is 13.0 Å². The van der Waals surface area contributed by atoms with Crippen molar-refractivity contribution in [3.05, 3.63) is 29.8 Å². The molecule has 2 amide bonds. The zero-order chi connectivity index (χ0) is 11.3. The van der Waals surface area contributed by atoms with E-state index in [1.165, 1.54) is 0 Å². The molecule has 0 bridgehead atoms. The van der Waals surface area contributed by atoms with Gasteiger partial charge < -0.3 is 15.4 Å². The van der Waals surface area contributed by atoms with Crippen molar-refractivity contribution in [3.63, 3.8) is 0 Å². The summed E-state index contributed by atoms with van der Waals surface area (Å²) in [5.41, 5.74) is 1.01. The Balaban J connectivity index is 2.72. The van der Waals surface area contributed by atoms with E-state index in [9.17, 15) is 4.79 Å². The van der Waals surface area contributed by atoms with Gasteiger partial charge in [0, 0.05) is 7.05 Å². The van der Waals surface area contributed by atoms with E-state index in [1.54, 1.807) is 14.2 Å². The van der Waals surface area contributed by atoms with Crippen LogP contribution in [0.25, 0.3) is 0 Å². The second-order valence-corrected chi connectivity index (χ2v) is 3.22. The number of urea groups is 1. The highest BCUT2D eigenvalue weighted by Crippen LogP contribution is 2.18. The van der Waals surface area contributed by atoms with Gasteiger partial charge in [-0.3, -0.25) is 0 Å². The fraction of sp³-hybridized carbons (Fsp3) is 0.364. The average molecular weight is 208 g/mol. The first-order chi connectivity index (χ1) is 7.17. The average Bonchev–Trinajstić information content (AvgIpc) is 2.28. The van der Waals surface area contributed by atoms with Gasteiger partial charge in [-0.1, -0.05) is 12.1 Å². The third-order valence-electron chi connectivity index (χ3n) is 2.17. The van der Waals surface area contributed by atoms with Crippen LogP contribution in [0.4, 0.5) is 4.79 Å². The molecule has 0 aliphatic rings. The highest BCUT2D eigenvalue weighted by atomic mass is 16.5. The van der Waals surface area contributed by atoms with Crippen molar-refractivity contribution < 1.29 is 9.53 Å². The van der Waals surface area contributed by atoms with Crippen LogP contribution in [0.3, 0.4) is 0 Å². The predicted molar refractivity (Wildman–Crippen MR) is 59.0 cm³/mol. The molecule has 0 aliphatic heterocycles. The Morgan fingerprint density at radius 2 is 2.20 bits per heavy atom. The summed E-state index contributed by atoms with van der Waals surface area (Å²) in [4.78, 5) is 11.1. The Kier molecular flexibility index (Phi) is 3.97. The van der Waals surface area contributed by atoms with Gasteiger partial charge in [0.05, 0.1) is 13.2 Å². The van der Waals surface area contributed by atoms with Crippen molar-refractivity contribution >= 4 is 6.03 Å². The molecule has 0 saturated heterocycles. The number of ether oxygens (including phenoxy) is 1. The number of carbonyl (C=O) groups excluding carboxylic acids is 1. The van der Waals surface area contributed by atoms with E-state index in [0.29, 0.717) is 0 Å². The molecule has 2 N–H and O–H groups in total. The maximum atomic E-state index is 11.1. The maximum absolute atomic E-state index is 11.1. The predicted octanol–water partition coefficient (Wildman–Crippen LogP) is 1.69. The lowest BCUT2D eigenvalue weighted by molar-refractivity contribution is 0.240. The molecule has 4 heteroatoms. The van der Waals surface area contributed by atoms with Crippen LogP contribution < -0.4 is 15.4 Å². The Morgan fingerprint density at radius 3 is 2.80 bits per heavy atom. The van der Waals surface area contributed by atoms with Gasteiger partial charge in [0.1, 0.15) is 5.75 Å². The fourth-order valence-corrected chi connectivity index (χ4v) is 1.26. The summed E-state index contributed by atoms with van der Waals surface area (Å²) < 4.78 is 5.11. The number of hydrogen-bond acceptors (Lipinski definition) is 2. The smallest absolute Gasteiger partial charge is 0.315 e. The molecule has 0 fully saturated rings. The molecule has 0 saturated carbocycles. The molecule has 82 valence electrons. The third kappa shape index (κ3) is 3.16. The van der Waals surface area contributed by atoms with Gasteiger partial charge in [0.25, 0.3) is 0 Å². The summed E-state index contributed by atoms with van der Waals surface area (Å²) in [5.74, 6) is 0.790. The van der Waals surface area contributed by atoms with Crippen molar-refractivity contribution in [1.29, 1.82) is 0 Å². The highest BCUT2D eigenvalue weighted by molar-refractivity contribution is 5.73. The first-order valence-corrected chi connectivity index (χ1v) is 4.79. The fourth-order valence-electron chi connectivity index (χ4n) is 1.26. The molecular formula is C11H16N2O2. The molecule has 15 heavy (non-hydrogen) atoms. The topological polar surface area (TPSA) is 50.4 Å². The van der Waals surface area contributed by atoms with Gasteiger partial charge in [0.2, 0.25) is 0 Å². The lowest BCUT2D eigenvalue weighted by atomic mass is 10.1. The van der Waals surface area contributed by atoms with E-state index in [2.05, 4.69) is 10.6 Å². The van der Waals surface area contributed by atoms with Gasteiger partial charge in [-0.25, -0.2) is 4.79 Å². The van der Waals surface area contributed by atoms with Gasteiger partial charge in [-0.05, 0) is 24.6 Å². The van der Waals surface area contributed by atoms with Crippen LogP contribution in [-0.2, 0) is 0 Å². The van der Waals surface area contributed by atoms with Gasteiger partial charge in [0.15, 0.2) is 0 Å². The molecule has 1 aromatic carbocycles. The molecule has 0 aromatic heterocycles. The zero-order valence-electron chi connectivity index (χ0n) is 9.20. The number of carbonyl (C=O) groups is 1. The summed E-state index contributed by atoms with van der Waals surface area (Å²) in [7, 11) is 3.21. The lowest BCUT2D eigenvalue weighted by Crippen LogP contribution is -2.34. The minimum atomic E-state index is -0.190. The molecule has 0 radical (unpaired) electrons. The molecule has 1 rings (SSSR count). The summed E-state index contributed by atoms with van der Waals surface area (Å²) >= 11 is 0. The van der Waals surface area contributed by atoms with E-state index in [4.69, 9.17) is 4.74 Å². The van der Waals surface area contributed by atoms with Gasteiger partial charge >= 0.3 is 6.03 Å². The monoisotopic (exact) mass is 208 g/mol. The van der Waals surface area contributed by atoms with Crippen LogP contribution in [0.5, 0.6) is 5.75 Å². The van der Waals surface area contributed by atoms with E-state index < -0.39 is 0 Å². The number of nitrogens with one attached hydrogen (secondary N) is 2. The normalized spacial score (nSPS) is 11.7. The molecule has 1 aromatic rings. The Labute approximate surface area is 89.6 Å². The quantitative estimate of drug-likeness (QED) is 0.794. The summed E-state index contributed by atoms with van der Waals surface area (Å²) in [6, 6.07) is 7.39.